The van der Waals surface area contributed by atoms with Crippen LogP contribution in [0.4, 0.5) is 18.0 Å². The Labute approximate surface area is 253 Å². The van der Waals surface area contributed by atoms with Crippen molar-refractivity contribution in [2.45, 2.75) is 51.7 Å². The third-order valence-corrected chi connectivity index (χ3v) is 8.33. The fourth-order valence-electron chi connectivity index (χ4n) is 5.88. The minimum atomic E-state index is -4.62. The van der Waals surface area contributed by atoms with E-state index < -0.39 is 23.5 Å². The number of nitriles is 1. The standard InChI is InChI=1S/C32H34F3N7O2/c1-4-39(3)20-23-8-12-25(13-9-23)38-30(43)41-29(28-16-17-37-42(28)26-14-10-22(19-36)11-15-26)21(2)40(31(41)44)27-7-5-6-24(18-27)32(33,34)35/h5-7,10-11,14-18,23,25H,4,8-9,12-13,20H2,1-3H3,(H,38,43). The quantitative estimate of drug-likeness (QED) is 0.289. The molecule has 0 spiro atoms. The van der Waals surface area contributed by atoms with Gasteiger partial charge in [-0.1, -0.05) is 13.0 Å². The van der Waals surface area contributed by atoms with Gasteiger partial charge >= 0.3 is 17.9 Å². The lowest BCUT2D eigenvalue weighted by Gasteiger charge is -2.31. The van der Waals surface area contributed by atoms with Crippen molar-refractivity contribution in [3.05, 3.63) is 88.1 Å². The number of amides is 1. The van der Waals surface area contributed by atoms with Crippen LogP contribution in [0.3, 0.4) is 0 Å². The lowest BCUT2D eigenvalue weighted by atomic mass is 9.86. The van der Waals surface area contributed by atoms with Gasteiger partial charge in [0, 0.05) is 12.6 Å². The number of carbonyl (C=O) groups is 1. The third kappa shape index (κ3) is 6.19. The highest BCUT2D eigenvalue weighted by molar-refractivity contribution is 5.83. The van der Waals surface area contributed by atoms with E-state index in [1.54, 1.807) is 37.3 Å². The maximum absolute atomic E-state index is 14.0. The Morgan fingerprint density at radius 3 is 2.43 bits per heavy atom. The molecule has 230 valence electrons. The van der Waals surface area contributed by atoms with Gasteiger partial charge in [-0.3, -0.25) is 4.57 Å². The number of aromatic nitrogens is 4. The summed E-state index contributed by atoms with van der Waals surface area (Å²) in [5, 5.41) is 16.6. The van der Waals surface area contributed by atoms with Crippen LogP contribution < -0.4 is 11.0 Å². The Kier molecular flexibility index (Phi) is 8.78. The second kappa shape index (κ2) is 12.5. The second-order valence-electron chi connectivity index (χ2n) is 11.2. The summed E-state index contributed by atoms with van der Waals surface area (Å²) >= 11 is 0. The predicted molar refractivity (Wildman–Crippen MR) is 160 cm³/mol. The molecule has 44 heavy (non-hydrogen) atoms. The van der Waals surface area contributed by atoms with Crippen molar-refractivity contribution in [1.82, 2.24) is 29.1 Å². The minimum absolute atomic E-state index is 0.0138. The SMILES string of the molecule is CCN(C)CC1CCC(NC(=O)n2c(-c3ccnn3-c3ccc(C#N)cc3)c(C)n(-c3cccc(C(F)(F)F)c3)c2=O)CC1. The molecule has 9 nitrogen and oxygen atoms in total. The number of benzene rings is 2. The fraction of sp³-hybridized carbons (Fsp3) is 0.375. The van der Waals surface area contributed by atoms with Crippen molar-refractivity contribution in [1.29, 1.82) is 5.26 Å². The van der Waals surface area contributed by atoms with Crippen LogP contribution in [-0.2, 0) is 6.18 Å². The molecule has 1 N–H and O–H groups in total. The van der Waals surface area contributed by atoms with Crippen molar-refractivity contribution in [3.63, 3.8) is 0 Å². The summed E-state index contributed by atoms with van der Waals surface area (Å²) in [6.45, 7) is 5.65. The fourth-order valence-corrected chi connectivity index (χ4v) is 5.88. The number of alkyl halides is 3. The number of rotatable bonds is 7. The van der Waals surface area contributed by atoms with Crippen LogP contribution >= 0.6 is 0 Å². The highest BCUT2D eigenvalue weighted by Crippen LogP contribution is 2.32. The van der Waals surface area contributed by atoms with Crippen molar-refractivity contribution in [3.8, 4) is 28.8 Å². The molecule has 1 saturated carbocycles. The van der Waals surface area contributed by atoms with E-state index in [-0.39, 0.29) is 23.1 Å². The predicted octanol–water partition coefficient (Wildman–Crippen LogP) is 5.76. The highest BCUT2D eigenvalue weighted by Gasteiger charge is 2.33. The number of nitrogens with one attached hydrogen (secondary N) is 1. The van der Waals surface area contributed by atoms with Crippen LogP contribution in [0, 0.1) is 24.2 Å². The van der Waals surface area contributed by atoms with Gasteiger partial charge in [-0.05, 0) is 101 Å². The number of imidazole rings is 1. The number of carbonyl (C=O) groups excluding carboxylic acids is 1. The van der Waals surface area contributed by atoms with Crippen LogP contribution in [-0.4, -0.2) is 56.0 Å². The molecule has 2 heterocycles. The van der Waals surface area contributed by atoms with Crippen molar-refractivity contribution in [2.24, 2.45) is 5.92 Å². The lowest BCUT2D eigenvalue weighted by molar-refractivity contribution is -0.137. The Balaban J connectivity index is 1.57. The van der Waals surface area contributed by atoms with Gasteiger partial charge in [0.1, 0.15) is 5.69 Å². The van der Waals surface area contributed by atoms with Gasteiger partial charge in [-0.15, -0.1) is 0 Å². The van der Waals surface area contributed by atoms with Crippen molar-refractivity contribution >= 4 is 6.03 Å². The first-order valence-electron chi connectivity index (χ1n) is 14.6. The van der Waals surface area contributed by atoms with E-state index in [0.29, 0.717) is 22.9 Å². The van der Waals surface area contributed by atoms with Crippen LogP contribution in [0.1, 0.15) is 49.4 Å². The molecule has 0 saturated heterocycles. The molecular weight excluding hydrogens is 571 g/mol. The normalized spacial score (nSPS) is 17.0. The smallest absolute Gasteiger partial charge is 0.335 e. The van der Waals surface area contributed by atoms with Gasteiger partial charge in [0.25, 0.3) is 0 Å². The zero-order chi connectivity index (χ0) is 31.6. The number of hydrogen-bond acceptors (Lipinski definition) is 5. The molecule has 1 fully saturated rings. The van der Waals surface area contributed by atoms with Gasteiger partial charge in [0.2, 0.25) is 0 Å². The molecule has 0 atom stereocenters. The number of nitrogens with zero attached hydrogens (tertiary/aromatic N) is 6. The summed E-state index contributed by atoms with van der Waals surface area (Å²) in [5.74, 6) is 0.525. The minimum Gasteiger partial charge on any atom is -0.335 e. The highest BCUT2D eigenvalue weighted by atomic mass is 19.4. The maximum Gasteiger partial charge on any atom is 0.416 e. The molecule has 0 unspecified atom stereocenters. The molecule has 2 aromatic carbocycles. The van der Waals surface area contributed by atoms with Gasteiger partial charge in [-0.2, -0.15) is 23.5 Å². The van der Waals surface area contributed by atoms with E-state index in [9.17, 15) is 28.0 Å². The molecule has 0 aliphatic heterocycles. The van der Waals surface area contributed by atoms with Crippen LogP contribution in [0.15, 0.2) is 65.6 Å². The monoisotopic (exact) mass is 605 g/mol. The molecule has 1 aliphatic rings. The summed E-state index contributed by atoms with van der Waals surface area (Å²) < 4.78 is 44.4. The number of hydrogen-bond donors (Lipinski definition) is 1. The van der Waals surface area contributed by atoms with E-state index in [1.807, 2.05) is 0 Å². The topological polar surface area (TPSA) is 101 Å². The zero-order valence-electron chi connectivity index (χ0n) is 24.8. The Bertz CT molecular complexity index is 1740. The summed E-state index contributed by atoms with van der Waals surface area (Å²) in [7, 11) is 2.09. The van der Waals surface area contributed by atoms with E-state index in [2.05, 4.69) is 35.4 Å². The van der Waals surface area contributed by atoms with Crippen molar-refractivity contribution < 1.29 is 18.0 Å². The first-order valence-corrected chi connectivity index (χ1v) is 14.6. The van der Waals surface area contributed by atoms with Gasteiger partial charge in [-0.25, -0.2) is 18.8 Å². The molecule has 1 aliphatic carbocycles. The molecule has 0 bridgehead atoms. The summed E-state index contributed by atoms with van der Waals surface area (Å²) in [5.41, 5.74) is 0.160. The van der Waals surface area contributed by atoms with Crippen LogP contribution in [0.2, 0.25) is 0 Å². The molecule has 5 rings (SSSR count). The van der Waals surface area contributed by atoms with Gasteiger partial charge < -0.3 is 10.2 Å². The van der Waals surface area contributed by atoms with E-state index in [1.165, 1.54) is 23.0 Å². The Morgan fingerprint density at radius 2 is 1.80 bits per heavy atom. The van der Waals surface area contributed by atoms with E-state index >= 15 is 0 Å². The zero-order valence-corrected chi connectivity index (χ0v) is 24.8. The van der Waals surface area contributed by atoms with E-state index in [4.69, 9.17) is 0 Å². The summed E-state index contributed by atoms with van der Waals surface area (Å²) in [6.07, 6.45) is 0.286. The molecular formula is C32H34F3N7O2. The van der Waals surface area contributed by atoms with E-state index in [0.717, 1.165) is 60.0 Å². The Hall–Kier alpha value is -4.63. The summed E-state index contributed by atoms with van der Waals surface area (Å²) in [4.78, 5) is 30.2. The first-order chi connectivity index (χ1) is 21.0. The average Bonchev–Trinajstić information content (AvgIpc) is 3.59. The average molecular weight is 606 g/mol. The third-order valence-electron chi connectivity index (χ3n) is 8.33. The molecule has 4 aromatic rings. The Morgan fingerprint density at radius 1 is 1.09 bits per heavy atom. The first kappa shape index (κ1) is 30.8. The molecule has 12 heteroatoms. The van der Waals surface area contributed by atoms with Crippen LogP contribution in [0.5, 0.6) is 0 Å². The maximum atomic E-state index is 14.0. The largest absolute Gasteiger partial charge is 0.416 e. The lowest BCUT2D eigenvalue weighted by Crippen LogP contribution is -2.44. The van der Waals surface area contributed by atoms with Crippen molar-refractivity contribution in [2.75, 3.05) is 20.1 Å². The van der Waals surface area contributed by atoms with Crippen LogP contribution in [0.25, 0.3) is 22.8 Å². The molecule has 0 radical (unpaired) electrons. The second-order valence-corrected chi connectivity index (χ2v) is 11.2. The molecule has 2 aromatic heterocycles. The summed E-state index contributed by atoms with van der Waals surface area (Å²) in [6, 6.07) is 14.0. The number of halogens is 3. The van der Waals surface area contributed by atoms with Gasteiger partial charge in [0.15, 0.2) is 0 Å². The van der Waals surface area contributed by atoms with Gasteiger partial charge in [0.05, 0.1) is 46.2 Å². The molecule has 1 amide bonds.